The molecule has 0 spiro atoms. The minimum absolute atomic E-state index is 0.0503. The molecule has 0 aliphatic carbocycles. The lowest BCUT2D eigenvalue weighted by atomic mass is 10.1. The van der Waals surface area contributed by atoms with Gasteiger partial charge in [-0.3, -0.25) is 4.79 Å². The van der Waals surface area contributed by atoms with Gasteiger partial charge in [0.1, 0.15) is 0 Å². The first-order chi connectivity index (χ1) is 9.50. The second kappa shape index (κ2) is 8.72. The van der Waals surface area contributed by atoms with Crippen molar-refractivity contribution in [3.8, 4) is 0 Å². The van der Waals surface area contributed by atoms with Gasteiger partial charge in [0.25, 0.3) is 0 Å². The van der Waals surface area contributed by atoms with Gasteiger partial charge in [-0.15, -0.1) is 0 Å². The Morgan fingerprint density at radius 2 is 1.95 bits per heavy atom. The van der Waals surface area contributed by atoms with Crippen LogP contribution in [0.5, 0.6) is 0 Å². The van der Waals surface area contributed by atoms with Crippen LogP contribution in [0.4, 0.5) is 0 Å². The number of nitrogens with two attached hydrogens (primary N) is 1. The number of nitrogens with zero attached hydrogens (tertiary/aromatic N) is 1. The van der Waals surface area contributed by atoms with E-state index in [2.05, 4.69) is 41.5 Å². The fraction of sp³-hybridized carbons (Fsp3) is 0.562. The van der Waals surface area contributed by atoms with Gasteiger partial charge in [0, 0.05) is 13.1 Å². The van der Waals surface area contributed by atoms with Gasteiger partial charge in [0.05, 0.1) is 6.04 Å². The molecule has 1 rings (SSSR count). The molecule has 0 aromatic heterocycles. The third-order valence-corrected chi connectivity index (χ3v) is 3.33. The number of carbonyl (C=O) groups is 1. The molecule has 20 heavy (non-hydrogen) atoms. The maximum absolute atomic E-state index is 11.7. The predicted octanol–water partition coefficient (Wildman–Crippen LogP) is 1.61. The molecule has 0 radical (unpaired) electrons. The topological polar surface area (TPSA) is 58.4 Å². The summed E-state index contributed by atoms with van der Waals surface area (Å²) >= 11 is 0. The van der Waals surface area contributed by atoms with Crippen molar-refractivity contribution in [1.82, 2.24) is 10.2 Å². The van der Waals surface area contributed by atoms with E-state index in [-0.39, 0.29) is 11.8 Å². The minimum Gasteiger partial charge on any atom is -0.355 e. The SMILES string of the molecule is CC(C)[C@H](N)C(=O)NCCCN(C)Cc1ccccc1. The Kier molecular flexibility index (Phi) is 7.26. The zero-order chi connectivity index (χ0) is 15.0. The van der Waals surface area contributed by atoms with Crippen LogP contribution in [0.25, 0.3) is 0 Å². The average molecular weight is 277 g/mol. The molecule has 1 aromatic rings. The molecule has 0 bridgehead atoms. The Morgan fingerprint density at radius 1 is 1.30 bits per heavy atom. The van der Waals surface area contributed by atoms with Gasteiger partial charge >= 0.3 is 0 Å². The Morgan fingerprint density at radius 3 is 2.55 bits per heavy atom. The average Bonchev–Trinajstić information content (AvgIpc) is 2.43. The van der Waals surface area contributed by atoms with Crippen molar-refractivity contribution in [2.75, 3.05) is 20.1 Å². The van der Waals surface area contributed by atoms with Crippen molar-refractivity contribution in [2.45, 2.75) is 32.9 Å². The molecule has 0 saturated heterocycles. The van der Waals surface area contributed by atoms with Crippen molar-refractivity contribution in [3.63, 3.8) is 0 Å². The molecule has 4 heteroatoms. The van der Waals surface area contributed by atoms with E-state index in [1.807, 2.05) is 19.9 Å². The van der Waals surface area contributed by atoms with Crippen LogP contribution in [0.15, 0.2) is 30.3 Å². The maximum Gasteiger partial charge on any atom is 0.237 e. The first-order valence-electron chi connectivity index (χ1n) is 7.26. The van der Waals surface area contributed by atoms with Crippen LogP contribution in [0.1, 0.15) is 25.8 Å². The number of nitrogens with one attached hydrogen (secondary N) is 1. The van der Waals surface area contributed by atoms with Crippen LogP contribution in [0, 0.1) is 5.92 Å². The van der Waals surface area contributed by atoms with E-state index < -0.39 is 6.04 Å². The molecular formula is C16H27N3O. The highest BCUT2D eigenvalue weighted by molar-refractivity contribution is 5.81. The van der Waals surface area contributed by atoms with E-state index in [1.54, 1.807) is 0 Å². The van der Waals surface area contributed by atoms with Gasteiger partial charge < -0.3 is 16.0 Å². The first kappa shape index (κ1) is 16.7. The van der Waals surface area contributed by atoms with E-state index in [1.165, 1.54) is 5.56 Å². The number of carbonyl (C=O) groups excluding carboxylic acids is 1. The molecule has 112 valence electrons. The monoisotopic (exact) mass is 277 g/mol. The smallest absolute Gasteiger partial charge is 0.237 e. The Balaban J connectivity index is 2.16. The molecule has 0 saturated carbocycles. The fourth-order valence-electron chi connectivity index (χ4n) is 1.96. The molecule has 0 fully saturated rings. The van der Waals surface area contributed by atoms with Crippen LogP contribution in [-0.2, 0) is 11.3 Å². The summed E-state index contributed by atoms with van der Waals surface area (Å²) < 4.78 is 0. The third-order valence-electron chi connectivity index (χ3n) is 3.33. The summed E-state index contributed by atoms with van der Waals surface area (Å²) in [5.41, 5.74) is 7.09. The highest BCUT2D eigenvalue weighted by atomic mass is 16.2. The van der Waals surface area contributed by atoms with E-state index in [0.29, 0.717) is 6.54 Å². The van der Waals surface area contributed by atoms with E-state index in [9.17, 15) is 4.79 Å². The zero-order valence-electron chi connectivity index (χ0n) is 12.8. The Bertz CT molecular complexity index is 392. The Labute approximate surface area is 122 Å². The van der Waals surface area contributed by atoms with Gasteiger partial charge in [-0.05, 0) is 31.5 Å². The van der Waals surface area contributed by atoms with Gasteiger partial charge in [-0.25, -0.2) is 0 Å². The van der Waals surface area contributed by atoms with E-state index in [0.717, 1.165) is 19.5 Å². The second-order valence-corrected chi connectivity index (χ2v) is 5.64. The lowest BCUT2D eigenvalue weighted by Crippen LogP contribution is -2.44. The van der Waals surface area contributed by atoms with Crippen LogP contribution in [-0.4, -0.2) is 37.0 Å². The quantitative estimate of drug-likeness (QED) is 0.710. The Hall–Kier alpha value is -1.39. The zero-order valence-corrected chi connectivity index (χ0v) is 12.8. The van der Waals surface area contributed by atoms with Crippen LogP contribution in [0.2, 0.25) is 0 Å². The highest BCUT2D eigenvalue weighted by Gasteiger charge is 2.16. The van der Waals surface area contributed by atoms with Gasteiger partial charge in [-0.1, -0.05) is 44.2 Å². The number of benzene rings is 1. The number of hydrogen-bond acceptors (Lipinski definition) is 3. The molecule has 0 aliphatic heterocycles. The summed E-state index contributed by atoms with van der Waals surface area (Å²) in [5, 5.41) is 2.89. The predicted molar refractivity (Wildman–Crippen MR) is 83.2 cm³/mol. The molecular weight excluding hydrogens is 250 g/mol. The van der Waals surface area contributed by atoms with E-state index >= 15 is 0 Å². The number of rotatable bonds is 8. The normalized spacial score (nSPS) is 12.7. The molecule has 3 N–H and O–H groups in total. The van der Waals surface area contributed by atoms with Gasteiger partial charge in [0.2, 0.25) is 5.91 Å². The molecule has 0 unspecified atom stereocenters. The van der Waals surface area contributed by atoms with Crippen molar-refractivity contribution in [3.05, 3.63) is 35.9 Å². The maximum atomic E-state index is 11.7. The summed E-state index contributed by atoms with van der Waals surface area (Å²) in [6, 6.07) is 9.97. The standard InChI is InChI=1S/C16H27N3O/c1-13(2)15(17)16(20)18-10-7-11-19(3)12-14-8-5-4-6-9-14/h4-6,8-9,13,15H,7,10-12,17H2,1-3H3,(H,18,20)/t15-/m0/s1. The molecule has 0 aliphatic rings. The van der Waals surface area contributed by atoms with Gasteiger partial charge in [-0.2, -0.15) is 0 Å². The fourth-order valence-corrected chi connectivity index (χ4v) is 1.96. The second-order valence-electron chi connectivity index (χ2n) is 5.64. The summed E-state index contributed by atoms with van der Waals surface area (Å²) in [6.07, 6.45) is 0.930. The summed E-state index contributed by atoms with van der Waals surface area (Å²) in [7, 11) is 2.09. The number of amides is 1. The summed E-state index contributed by atoms with van der Waals surface area (Å²) in [6.45, 7) is 6.47. The summed E-state index contributed by atoms with van der Waals surface area (Å²) in [4.78, 5) is 13.9. The van der Waals surface area contributed by atoms with Gasteiger partial charge in [0.15, 0.2) is 0 Å². The van der Waals surface area contributed by atoms with Crippen LogP contribution in [0.3, 0.4) is 0 Å². The molecule has 1 amide bonds. The lowest BCUT2D eigenvalue weighted by molar-refractivity contribution is -0.123. The molecule has 1 atom stereocenters. The van der Waals surface area contributed by atoms with Crippen LogP contribution < -0.4 is 11.1 Å². The first-order valence-corrected chi connectivity index (χ1v) is 7.26. The van der Waals surface area contributed by atoms with Crippen molar-refractivity contribution in [2.24, 2.45) is 11.7 Å². The third kappa shape index (κ3) is 6.17. The lowest BCUT2D eigenvalue weighted by Gasteiger charge is -2.18. The number of hydrogen-bond donors (Lipinski definition) is 2. The van der Waals surface area contributed by atoms with Crippen molar-refractivity contribution in [1.29, 1.82) is 0 Å². The largest absolute Gasteiger partial charge is 0.355 e. The minimum atomic E-state index is -0.406. The van der Waals surface area contributed by atoms with E-state index in [4.69, 9.17) is 5.73 Å². The van der Waals surface area contributed by atoms with Crippen molar-refractivity contribution < 1.29 is 4.79 Å². The van der Waals surface area contributed by atoms with Crippen molar-refractivity contribution >= 4 is 5.91 Å². The molecule has 1 aromatic carbocycles. The summed E-state index contributed by atoms with van der Waals surface area (Å²) in [5.74, 6) is 0.126. The molecule has 0 heterocycles. The van der Waals surface area contributed by atoms with Crippen LogP contribution >= 0.6 is 0 Å². The molecule has 4 nitrogen and oxygen atoms in total. The highest BCUT2D eigenvalue weighted by Crippen LogP contribution is 2.03.